The molecule has 1 fully saturated rings. The van der Waals surface area contributed by atoms with Gasteiger partial charge >= 0.3 is 0 Å². The van der Waals surface area contributed by atoms with Crippen molar-refractivity contribution in [2.24, 2.45) is 0 Å². The van der Waals surface area contributed by atoms with Gasteiger partial charge < -0.3 is 9.84 Å². The van der Waals surface area contributed by atoms with Gasteiger partial charge in [0.15, 0.2) is 16.9 Å². The van der Waals surface area contributed by atoms with Gasteiger partial charge in [-0.1, -0.05) is 41.9 Å². The number of hydrogen-bond donors (Lipinski definition) is 2. The van der Waals surface area contributed by atoms with Gasteiger partial charge in [-0.2, -0.15) is 0 Å². The average molecular weight is 415 g/mol. The number of ether oxygens (including phenoxy) is 1. The van der Waals surface area contributed by atoms with Gasteiger partial charge in [-0.3, -0.25) is 14.7 Å². The van der Waals surface area contributed by atoms with Crippen LogP contribution < -0.4 is 10.1 Å². The Morgan fingerprint density at radius 3 is 2.69 bits per heavy atom. The average Bonchev–Trinajstić information content (AvgIpc) is 2.97. The van der Waals surface area contributed by atoms with Crippen molar-refractivity contribution in [2.45, 2.75) is 44.2 Å². The number of nitrogens with zero attached hydrogens (tertiary/aromatic N) is 3. The summed E-state index contributed by atoms with van der Waals surface area (Å²) in [5.74, 6) is 0.566. The molecule has 0 spiro atoms. The standard InChI is InChI=1S/C21H23ClN4O3/c1-21(28,13-7-4-3-5-8-13)12-17(27)24-20-25-18-15(29-2)11-16(22)23-19(18)26(20)14-9-6-10-14/h3-5,7-8,11,14,28H,6,9-10,12H2,1-2H3,(H,24,25,27)/t21-/m1/s1. The van der Waals surface area contributed by atoms with Gasteiger partial charge in [-0.05, 0) is 31.7 Å². The van der Waals surface area contributed by atoms with Gasteiger partial charge in [0.25, 0.3) is 0 Å². The number of carbonyl (C=O) groups is 1. The van der Waals surface area contributed by atoms with E-state index in [4.69, 9.17) is 16.3 Å². The fourth-order valence-corrected chi connectivity index (χ4v) is 3.80. The topological polar surface area (TPSA) is 89.3 Å². The molecule has 1 aromatic carbocycles. The lowest BCUT2D eigenvalue weighted by atomic mass is 9.92. The van der Waals surface area contributed by atoms with Crippen molar-refractivity contribution in [2.75, 3.05) is 12.4 Å². The van der Waals surface area contributed by atoms with Gasteiger partial charge in [0.05, 0.1) is 19.1 Å². The third-order valence-electron chi connectivity index (χ3n) is 5.39. The van der Waals surface area contributed by atoms with Crippen LogP contribution >= 0.6 is 11.6 Å². The van der Waals surface area contributed by atoms with Crippen LogP contribution in [-0.4, -0.2) is 32.7 Å². The number of nitrogens with one attached hydrogen (secondary N) is 1. The van der Waals surface area contributed by atoms with Crippen LogP contribution in [0.3, 0.4) is 0 Å². The number of rotatable bonds is 6. The third kappa shape index (κ3) is 3.80. The van der Waals surface area contributed by atoms with E-state index in [1.54, 1.807) is 32.2 Å². The van der Waals surface area contributed by atoms with E-state index < -0.39 is 5.60 Å². The monoisotopic (exact) mass is 414 g/mol. The van der Waals surface area contributed by atoms with E-state index in [0.717, 1.165) is 19.3 Å². The lowest BCUT2D eigenvalue weighted by Crippen LogP contribution is -2.30. The van der Waals surface area contributed by atoms with Crippen LogP contribution in [-0.2, 0) is 10.4 Å². The highest BCUT2D eigenvalue weighted by atomic mass is 35.5. The number of amides is 1. The summed E-state index contributed by atoms with van der Waals surface area (Å²) in [5.41, 5.74) is 0.522. The number of pyridine rings is 1. The molecule has 1 aliphatic rings. The van der Waals surface area contributed by atoms with Crippen molar-refractivity contribution < 1.29 is 14.6 Å². The first-order valence-corrected chi connectivity index (χ1v) is 9.97. The fraction of sp³-hybridized carbons (Fsp3) is 0.381. The Balaban J connectivity index is 1.66. The first-order valence-electron chi connectivity index (χ1n) is 9.59. The minimum atomic E-state index is -1.29. The molecule has 2 heterocycles. The maximum Gasteiger partial charge on any atom is 0.229 e. The van der Waals surface area contributed by atoms with Crippen molar-refractivity contribution in [1.29, 1.82) is 0 Å². The second-order valence-corrected chi connectivity index (χ2v) is 7.96. The lowest BCUT2D eigenvalue weighted by molar-refractivity contribution is -0.120. The van der Waals surface area contributed by atoms with Crippen molar-refractivity contribution in [1.82, 2.24) is 14.5 Å². The Morgan fingerprint density at radius 1 is 1.34 bits per heavy atom. The largest absolute Gasteiger partial charge is 0.494 e. The number of imidazole rings is 1. The zero-order chi connectivity index (χ0) is 20.6. The van der Waals surface area contributed by atoms with Crippen LogP contribution in [0.4, 0.5) is 5.95 Å². The molecule has 29 heavy (non-hydrogen) atoms. The smallest absolute Gasteiger partial charge is 0.229 e. The predicted octanol–water partition coefficient (Wildman–Crippen LogP) is 4.05. The highest BCUT2D eigenvalue weighted by Crippen LogP contribution is 2.39. The summed E-state index contributed by atoms with van der Waals surface area (Å²) >= 11 is 6.16. The molecule has 1 aliphatic carbocycles. The summed E-state index contributed by atoms with van der Waals surface area (Å²) in [6.07, 6.45) is 2.97. The van der Waals surface area contributed by atoms with Crippen LogP contribution in [0.15, 0.2) is 36.4 Å². The molecule has 0 aliphatic heterocycles. The Morgan fingerprint density at radius 2 is 2.07 bits per heavy atom. The van der Waals surface area contributed by atoms with Crippen molar-refractivity contribution in [3.8, 4) is 5.75 Å². The number of aromatic nitrogens is 3. The maximum atomic E-state index is 12.8. The maximum absolute atomic E-state index is 12.8. The van der Waals surface area contributed by atoms with E-state index in [-0.39, 0.29) is 18.4 Å². The Bertz CT molecular complexity index is 1050. The summed E-state index contributed by atoms with van der Waals surface area (Å²) in [7, 11) is 1.54. The number of halogens is 1. The normalized spacial score (nSPS) is 16.3. The minimum absolute atomic E-state index is 0.101. The third-order valence-corrected chi connectivity index (χ3v) is 5.59. The zero-order valence-electron chi connectivity index (χ0n) is 16.4. The second-order valence-electron chi connectivity index (χ2n) is 7.57. The number of methoxy groups -OCH3 is 1. The quantitative estimate of drug-likeness (QED) is 0.594. The lowest BCUT2D eigenvalue weighted by Gasteiger charge is -2.29. The van der Waals surface area contributed by atoms with E-state index in [9.17, 15) is 9.90 Å². The molecule has 8 heteroatoms. The molecular weight excluding hydrogens is 392 g/mol. The molecule has 2 N–H and O–H groups in total. The number of carbonyl (C=O) groups excluding carboxylic acids is 1. The summed E-state index contributed by atoms with van der Waals surface area (Å²) in [5, 5.41) is 14.0. The Kier molecular flexibility index (Phi) is 5.19. The van der Waals surface area contributed by atoms with E-state index in [1.807, 2.05) is 22.8 Å². The number of anilines is 1. The van der Waals surface area contributed by atoms with Crippen molar-refractivity contribution in [3.63, 3.8) is 0 Å². The van der Waals surface area contributed by atoms with Crippen molar-refractivity contribution in [3.05, 3.63) is 47.1 Å². The molecule has 7 nitrogen and oxygen atoms in total. The summed E-state index contributed by atoms with van der Waals surface area (Å²) in [6.45, 7) is 1.63. The Labute approximate surface area is 173 Å². The minimum Gasteiger partial charge on any atom is -0.494 e. The number of benzene rings is 1. The first kappa shape index (κ1) is 19.7. The Hall–Kier alpha value is -2.64. The van der Waals surface area contributed by atoms with E-state index in [2.05, 4.69) is 15.3 Å². The van der Waals surface area contributed by atoms with Crippen LogP contribution in [0.5, 0.6) is 5.75 Å². The van der Waals surface area contributed by atoms with E-state index in [1.165, 1.54) is 0 Å². The summed E-state index contributed by atoms with van der Waals surface area (Å²) in [6, 6.07) is 10.9. The molecule has 0 radical (unpaired) electrons. The summed E-state index contributed by atoms with van der Waals surface area (Å²) < 4.78 is 7.32. The number of hydrogen-bond acceptors (Lipinski definition) is 5. The molecule has 2 aromatic heterocycles. The molecule has 0 bridgehead atoms. The summed E-state index contributed by atoms with van der Waals surface area (Å²) in [4.78, 5) is 21.8. The highest BCUT2D eigenvalue weighted by molar-refractivity contribution is 6.30. The van der Waals surface area contributed by atoms with Gasteiger partial charge in [0.1, 0.15) is 5.15 Å². The number of aliphatic hydroxyl groups is 1. The van der Waals surface area contributed by atoms with Crippen LogP contribution in [0.2, 0.25) is 5.15 Å². The van der Waals surface area contributed by atoms with E-state index >= 15 is 0 Å². The fourth-order valence-electron chi connectivity index (χ4n) is 3.62. The molecule has 1 atom stereocenters. The molecule has 0 unspecified atom stereocenters. The first-order chi connectivity index (χ1) is 13.9. The molecule has 0 saturated heterocycles. The van der Waals surface area contributed by atoms with Gasteiger partial charge in [0.2, 0.25) is 11.9 Å². The SMILES string of the molecule is COc1cc(Cl)nc2c1nc(NC(=O)C[C@@](C)(O)c1ccccc1)n2C1CCC1. The van der Waals surface area contributed by atoms with Crippen LogP contribution in [0.1, 0.15) is 44.2 Å². The predicted molar refractivity (Wildman–Crippen MR) is 111 cm³/mol. The molecule has 4 rings (SSSR count). The molecular formula is C21H23ClN4O3. The van der Waals surface area contributed by atoms with Gasteiger partial charge in [-0.15, -0.1) is 0 Å². The van der Waals surface area contributed by atoms with Gasteiger partial charge in [-0.25, -0.2) is 9.97 Å². The highest BCUT2D eigenvalue weighted by Gasteiger charge is 2.30. The number of fused-ring (bicyclic) bond motifs is 1. The molecule has 1 saturated carbocycles. The molecule has 1 amide bonds. The van der Waals surface area contributed by atoms with Crippen molar-refractivity contribution >= 4 is 34.6 Å². The van der Waals surface area contributed by atoms with Crippen LogP contribution in [0, 0.1) is 0 Å². The zero-order valence-corrected chi connectivity index (χ0v) is 17.1. The van der Waals surface area contributed by atoms with Gasteiger partial charge in [0, 0.05) is 12.1 Å². The molecule has 152 valence electrons. The van der Waals surface area contributed by atoms with E-state index in [0.29, 0.717) is 33.6 Å². The van der Waals surface area contributed by atoms with Crippen LogP contribution in [0.25, 0.3) is 11.2 Å². The molecule has 3 aromatic rings. The second kappa shape index (κ2) is 7.65.